The Morgan fingerprint density at radius 1 is 0.742 bits per heavy atom. The van der Waals surface area contributed by atoms with Crippen LogP contribution in [0, 0.1) is 40.4 Å². The molecule has 1 aliphatic heterocycles. The van der Waals surface area contributed by atoms with Crippen LogP contribution in [0.1, 0.15) is 195 Å². The molecule has 0 amide bonds. The predicted molar refractivity (Wildman–Crippen MR) is 261 cm³/mol. The van der Waals surface area contributed by atoms with E-state index in [0.717, 1.165) is 81.5 Å². The Morgan fingerprint density at radius 2 is 1.52 bits per heavy atom. The Balaban J connectivity index is 0.912. The third kappa shape index (κ3) is 16.7. The van der Waals surface area contributed by atoms with Crippen LogP contribution >= 0.6 is 0 Å². The number of ether oxygens (including phenoxy) is 5. The van der Waals surface area contributed by atoms with Crippen LogP contribution in [0.25, 0.3) is 0 Å². The highest BCUT2D eigenvalue weighted by atomic mass is 16.6. The van der Waals surface area contributed by atoms with Crippen molar-refractivity contribution in [3.8, 4) is 0 Å². The fourth-order valence-electron chi connectivity index (χ4n) is 12.9. The second-order valence-corrected chi connectivity index (χ2v) is 21.7. The highest BCUT2D eigenvalue weighted by molar-refractivity contribution is 5.25. The Labute approximate surface area is 383 Å². The summed E-state index contributed by atoms with van der Waals surface area (Å²) in [4.78, 5) is 2.47. The van der Waals surface area contributed by atoms with Crippen molar-refractivity contribution in [3.05, 3.63) is 36.0 Å². The minimum absolute atomic E-state index is 0.0579. The summed E-state index contributed by atoms with van der Waals surface area (Å²) in [6.45, 7) is 19.3. The molecule has 0 aromatic heterocycles. The maximum Gasteiger partial charge on any atom is 0.0936 e. The molecule has 0 bridgehead atoms. The number of hydrogen-bond donors (Lipinski definition) is 0. The van der Waals surface area contributed by atoms with Crippen LogP contribution in [-0.4, -0.2) is 89.6 Å². The van der Waals surface area contributed by atoms with Gasteiger partial charge in [0.1, 0.15) is 0 Å². The molecule has 6 heteroatoms. The molecule has 1 saturated heterocycles. The summed E-state index contributed by atoms with van der Waals surface area (Å²) in [6, 6.07) is 0. The number of allylic oxidation sites excluding steroid dienone is 5. The van der Waals surface area contributed by atoms with Gasteiger partial charge in [-0.2, -0.15) is 0 Å². The van der Waals surface area contributed by atoms with Crippen molar-refractivity contribution in [2.45, 2.75) is 213 Å². The Kier molecular flexibility index (Phi) is 24.2. The van der Waals surface area contributed by atoms with Crippen LogP contribution in [0.15, 0.2) is 36.0 Å². The average Bonchev–Trinajstić information content (AvgIpc) is 3.87. The monoisotopic (exact) mass is 866 g/mol. The van der Waals surface area contributed by atoms with Gasteiger partial charge in [-0.1, -0.05) is 128 Å². The van der Waals surface area contributed by atoms with Gasteiger partial charge in [-0.25, -0.2) is 0 Å². The third-order valence-corrected chi connectivity index (χ3v) is 16.8. The summed E-state index contributed by atoms with van der Waals surface area (Å²) in [6.07, 6.45) is 45.7. The van der Waals surface area contributed by atoms with Crippen molar-refractivity contribution in [3.63, 3.8) is 0 Å². The zero-order chi connectivity index (χ0) is 43.9. The number of fused-ring (bicyclic) bond motifs is 5. The number of hydrogen-bond acceptors (Lipinski definition) is 6. The molecule has 3 saturated carbocycles. The molecule has 4 unspecified atom stereocenters. The molecule has 5 rings (SSSR count). The lowest BCUT2D eigenvalue weighted by molar-refractivity contribution is -0.0708. The first-order chi connectivity index (χ1) is 30.3. The number of rotatable bonds is 33. The topological polar surface area (TPSA) is 49.4 Å². The fourth-order valence-corrected chi connectivity index (χ4v) is 12.9. The molecule has 0 aromatic carbocycles. The summed E-state index contributed by atoms with van der Waals surface area (Å²) in [7, 11) is 1.83. The number of nitrogens with zero attached hydrogens (tertiary/aromatic N) is 1. The van der Waals surface area contributed by atoms with Gasteiger partial charge in [-0.05, 0) is 143 Å². The van der Waals surface area contributed by atoms with Crippen molar-refractivity contribution < 1.29 is 23.7 Å². The smallest absolute Gasteiger partial charge is 0.0936 e. The van der Waals surface area contributed by atoms with Gasteiger partial charge in [0, 0.05) is 33.4 Å². The van der Waals surface area contributed by atoms with E-state index in [-0.39, 0.29) is 6.10 Å². The summed E-state index contributed by atoms with van der Waals surface area (Å²) in [5, 5.41) is 0. The maximum absolute atomic E-state index is 6.51. The van der Waals surface area contributed by atoms with Gasteiger partial charge in [0.05, 0.1) is 51.3 Å². The van der Waals surface area contributed by atoms with Gasteiger partial charge in [0.25, 0.3) is 0 Å². The number of likely N-dealkylation sites (tertiary alicyclic amines) is 1. The normalized spacial score (nSPS) is 30.7. The lowest BCUT2D eigenvalue weighted by Gasteiger charge is -2.58. The van der Waals surface area contributed by atoms with Crippen molar-refractivity contribution in [1.82, 2.24) is 4.90 Å². The van der Waals surface area contributed by atoms with E-state index >= 15 is 0 Å². The highest BCUT2D eigenvalue weighted by Crippen LogP contribution is 2.67. The molecule has 5 aliphatic rings. The van der Waals surface area contributed by atoms with E-state index in [4.69, 9.17) is 23.7 Å². The Morgan fingerprint density at radius 3 is 2.29 bits per heavy atom. The Hall–Kier alpha value is -1.02. The third-order valence-electron chi connectivity index (χ3n) is 16.8. The second kappa shape index (κ2) is 28.9. The molecule has 6 nitrogen and oxygen atoms in total. The predicted octanol–water partition coefficient (Wildman–Crippen LogP) is 14.1. The summed E-state index contributed by atoms with van der Waals surface area (Å²) < 4.78 is 30.8. The lowest BCUT2D eigenvalue weighted by atomic mass is 9.47. The zero-order valence-corrected chi connectivity index (χ0v) is 41.5. The van der Waals surface area contributed by atoms with E-state index in [0.29, 0.717) is 56.1 Å². The number of unbranched alkanes of at least 4 members (excludes halogenated alkanes) is 10. The molecule has 0 N–H and O–H groups in total. The van der Waals surface area contributed by atoms with Gasteiger partial charge in [-0.3, -0.25) is 4.90 Å². The van der Waals surface area contributed by atoms with E-state index < -0.39 is 0 Å². The van der Waals surface area contributed by atoms with Crippen molar-refractivity contribution in [2.24, 2.45) is 40.4 Å². The van der Waals surface area contributed by atoms with Gasteiger partial charge >= 0.3 is 0 Å². The summed E-state index contributed by atoms with van der Waals surface area (Å²) in [5.41, 5.74) is 2.70. The molecule has 1 heterocycles. The minimum atomic E-state index is 0.0579. The zero-order valence-electron chi connectivity index (χ0n) is 41.5. The summed E-state index contributed by atoms with van der Waals surface area (Å²) in [5.74, 6) is 4.54. The number of methoxy groups -OCH3 is 1. The highest BCUT2D eigenvalue weighted by Gasteiger charge is 2.58. The van der Waals surface area contributed by atoms with E-state index in [1.807, 2.05) is 7.11 Å². The van der Waals surface area contributed by atoms with Crippen molar-refractivity contribution in [1.29, 1.82) is 0 Å². The average molecular weight is 866 g/mol. The first kappa shape index (κ1) is 52.0. The maximum atomic E-state index is 6.51. The van der Waals surface area contributed by atoms with Crippen LogP contribution in [-0.2, 0) is 23.7 Å². The van der Waals surface area contributed by atoms with E-state index in [2.05, 4.69) is 69.9 Å². The van der Waals surface area contributed by atoms with Crippen LogP contribution in [0.2, 0.25) is 0 Å². The second-order valence-electron chi connectivity index (χ2n) is 21.7. The molecule has 0 aromatic rings. The van der Waals surface area contributed by atoms with Crippen molar-refractivity contribution >= 4 is 0 Å². The summed E-state index contributed by atoms with van der Waals surface area (Å²) >= 11 is 0. The first-order valence-electron chi connectivity index (χ1n) is 26.9. The minimum Gasteiger partial charge on any atom is -0.380 e. The van der Waals surface area contributed by atoms with Crippen LogP contribution in [0.5, 0.6) is 0 Å². The largest absolute Gasteiger partial charge is 0.380 e. The Bertz CT molecular complexity index is 1280. The van der Waals surface area contributed by atoms with Gasteiger partial charge < -0.3 is 23.7 Å². The SMILES string of the molecule is CCCCC/C=C\C/C=C\CCCCCCCCOCC(CN1CCC(OC)C1)OCCOCCO[C@H]1CC[C@@]2(C)C(=CC[C@@H]3C2CC[C@]2(C)C(CCCCC(C)C)CC[C@@H]32)C1. The van der Waals surface area contributed by atoms with Gasteiger partial charge in [0.15, 0.2) is 0 Å². The molecule has 0 radical (unpaired) electrons. The van der Waals surface area contributed by atoms with Gasteiger partial charge in [-0.15, -0.1) is 0 Å². The fraction of sp³-hybridized carbons (Fsp3) is 0.893. The molecular weight excluding hydrogens is 767 g/mol. The molecular formula is C56H99NO5. The molecule has 62 heavy (non-hydrogen) atoms. The quantitative estimate of drug-likeness (QED) is 0.0484. The van der Waals surface area contributed by atoms with Crippen LogP contribution < -0.4 is 0 Å². The lowest BCUT2D eigenvalue weighted by Crippen LogP contribution is -2.50. The van der Waals surface area contributed by atoms with E-state index in [9.17, 15) is 0 Å². The first-order valence-corrected chi connectivity index (χ1v) is 26.9. The van der Waals surface area contributed by atoms with E-state index in [1.165, 1.54) is 135 Å². The van der Waals surface area contributed by atoms with E-state index in [1.54, 1.807) is 5.57 Å². The molecule has 0 spiro atoms. The van der Waals surface area contributed by atoms with Crippen LogP contribution in [0.3, 0.4) is 0 Å². The molecule has 358 valence electrons. The molecule has 4 aliphatic carbocycles. The van der Waals surface area contributed by atoms with Gasteiger partial charge in [0.2, 0.25) is 0 Å². The van der Waals surface area contributed by atoms with Crippen molar-refractivity contribution in [2.75, 3.05) is 66.4 Å². The molecule has 4 fully saturated rings. The standard InChI is InChI=1S/C56H99NO5/c1-7-8-9-10-11-12-13-14-15-16-17-18-19-20-21-24-37-60-45-51(44-57-36-33-50(43-57)58-6)62-41-39-59-38-40-61-49-31-34-56(5)48(42-49)27-29-52-53-30-28-47(26-23-22-25-46(2)3)55(53,4)35-32-54(52)56/h11-12,14-15,27,46-47,49-54H,7-10,13,16-26,28-45H2,1-6H3/b12-11-,15-14-/t47?,49-,50?,51?,52-,53-,54?,55+,56-/m0/s1. The van der Waals surface area contributed by atoms with Crippen LogP contribution in [0.4, 0.5) is 0 Å². The molecule has 9 atom stereocenters.